The molecule has 0 aliphatic rings. The van der Waals surface area contributed by atoms with Crippen LogP contribution in [0, 0.1) is 18.8 Å². The molecule has 3 N–H and O–H groups in total. The molecular formula is C24H33N3O5S. The van der Waals surface area contributed by atoms with Gasteiger partial charge < -0.3 is 15.5 Å². The number of aliphatic hydroxyl groups is 1. The van der Waals surface area contributed by atoms with Crippen LogP contribution in [-0.4, -0.2) is 49.8 Å². The molecule has 2 rings (SSSR count). The molecule has 0 aromatic heterocycles. The van der Waals surface area contributed by atoms with E-state index in [4.69, 9.17) is 5.26 Å². The SMILES string of the molecule is C#N.CC.CCC(CO)N(CC)S(=O)c1ccc(C(=O)Nc2ccc(C)cc2C(=O)O)cc1. The largest absolute Gasteiger partial charge is 0.478 e. The highest BCUT2D eigenvalue weighted by atomic mass is 32.2. The van der Waals surface area contributed by atoms with Crippen molar-refractivity contribution in [2.24, 2.45) is 0 Å². The number of aliphatic hydroxyl groups excluding tert-OH is 1. The fourth-order valence-corrected chi connectivity index (χ4v) is 4.29. The minimum absolute atomic E-state index is 0.0178. The number of carboxylic acid groups (broad SMARTS) is 1. The zero-order valence-electron chi connectivity index (χ0n) is 19.7. The number of rotatable bonds is 9. The zero-order valence-corrected chi connectivity index (χ0v) is 20.6. The van der Waals surface area contributed by atoms with Crippen molar-refractivity contribution in [1.82, 2.24) is 4.31 Å². The molecule has 2 aromatic carbocycles. The van der Waals surface area contributed by atoms with E-state index in [1.54, 1.807) is 47.6 Å². The number of nitrogens with zero attached hydrogens (tertiary/aromatic N) is 2. The molecule has 0 bridgehead atoms. The van der Waals surface area contributed by atoms with Crippen LogP contribution >= 0.6 is 0 Å². The van der Waals surface area contributed by atoms with Crippen molar-refractivity contribution in [2.45, 2.75) is 52.0 Å². The number of carbonyl (C=O) groups excluding carboxylic acids is 1. The Bertz CT molecular complexity index is 941. The fourth-order valence-electron chi connectivity index (χ4n) is 2.93. The minimum atomic E-state index is -1.46. The van der Waals surface area contributed by atoms with Gasteiger partial charge in [0.1, 0.15) is 11.0 Å². The molecule has 8 nitrogen and oxygen atoms in total. The van der Waals surface area contributed by atoms with Gasteiger partial charge in [0, 0.05) is 24.7 Å². The predicted molar refractivity (Wildman–Crippen MR) is 131 cm³/mol. The lowest BCUT2D eigenvalue weighted by atomic mass is 10.1. The highest BCUT2D eigenvalue weighted by molar-refractivity contribution is 7.82. The lowest BCUT2D eigenvalue weighted by Crippen LogP contribution is -2.38. The number of hydrogen-bond donors (Lipinski definition) is 3. The molecule has 0 fully saturated rings. The summed E-state index contributed by atoms with van der Waals surface area (Å²) in [5.74, 6) is -1.58. The van der Waals surface area contributed by atoms with Crippen LogP contribution in [0.4, 0.5) is 5.69 Å². The number of likely N-dealkylation sites (N-methyl/N-ethyl adjacent to an activating group) is 1. The average molecular weight is 476 g/mol. The number of nitriles is 1. The van der Waals surface area contributed by atoms with E-state index in [1.165, 1.54) is 6.07 Å². The third-order valence-electron chi connectivity index (χ3n) is 4.59. The van der Waals surface area contributed by atoms with Gasteiger partial charge in [-0.15, -0.1) is 0 Å². The Morgan fingerprint density at radius 3 is 2.15 bits per heavy atom. The second kappa shape index (κ2) is 15.7. The molecule has 0 heterocycles. The van der Waals surface area contributed by atoms with Crippen molar-refractivity contribution < 1.29 is 24.0 Å². The molecule has 1 amide bonds. The molecule has 180 valence electrons. The molecule has 0 saturated carbocycles. The van der Waals surface area contributed by atoms with E-state index in [0.717, 1.165) is 5.56 Å². The van der Waals surface area contributed by atoms with Gasteiger partial charge in [0.2, 0.25) is 0 Å². The van der Waals surface area contributed by atoms with Gasteiger partial charge >= 0.3 is 5.97 Å². The van der Waals surface area contributed by atoms with Crippen LogP contribution in [0.3, 0.4) is 0 Å². The summed E-state index contributed by atoms with van der Waals surface area (Å²) in [6, 6.07) is 10.9. The van der Waals surface area contributed by atoms with Gasteiger partial charge in [0.15, 0.2) is 0 Å². The summed E-state index contributed by atoms with van der Waals surface area (Å²) in [6.45, 7) is 13.5. The number of nitrogens with one attached hydrogen (secondary N) is 1. The van der Waals surface area contributed by atoms with Gasteiger partial charge in [0.25, 0.3) is 5.91 Å². The number of carboxylic acids is 1. The Labute approximate surface area is 198 Å². The van der Waals surface area contributed by atoms with Gasteiger partial charge in [-0.25, -0.2) is 18.6 Å². The Hall–Kier alpha value is -3.06. The van der Waals surface area contributed by atoms with Crippen molar-refractivity contribution in [2.75, 3.05) is 18.5 Å². The summed E-state index contributed by atoms with van der Waals surface area (Å²) in [5.41, 5.74) is 1.33. The van der Waals surface area contributed by atoms with E-state index in [9.17, 15) is 24.0 Å². The molecule has 0 radical (unpaired) electrons. The van der Waals surface area contributed by atoms with Gasteiger partial charge in [0.05, 0.1) is 22.8 Å². The van der Waals surface area contributed by atoms with Crippen LogP contribution in [0.25, 0.3) is 0 Å². The van der Waals surface area contributed by atoms with Crippen molar-refractivity contribution in [1.29, 1.82) is 5.26 Å². The molecule has 0 aliphatic carbocycles. The van der Waals surface area contributed by atoms with Gasteiger partial charge in [-0.2, -0.15) is 0 Å². The zero-order chi connectivity index (χ0) is 25.6. The number of aryl methyl sites for hydroxylation is 1. The third kappa shape index (κ3) is 8.42. The van der Waals surface area contributed by atoms with Gasteiger partial charge in [-0.05, 0) is 49.7 Å². The first-order valence-electron chi connectivity index (χ1n) is 10.6. The Morgan fingerprint density at radius 2 is 1.70 bits per heavy atom. The summed E-state index contributed by atoms with van der Waals surface area (Å²) < 4.78 is 14.5. The monoisotopic (exact) mass is 475 g/mol. The number of hydrogen-bond acceptors (Lipinski definition) is 5. The second-order valence-electron chi connectivity index (χ2n) is 6.56. The summed E-state index contributed by atoms with van der Waals surface area (Å²) in [7, 11) is -1.46. The highest BCUT2D eigenvalue weighted by Gasteiger charge is 2.22. The first kappa shape index (κ1) is 29.9. The predicted octanol–water partition coefficient (Wildman–Crippen LogP) is 4.23. The maximum atomic E-state index is 12.8. The van der Waals surface area contributed by atoms with Crippen molar-refractivity contribution in [3.63, 3.8) is 0 Å². The second-order valence-corrected chi connectivity index (χ2v) is 8.00. The minimum Gasteiger partial charge on any atom is -0.478 e. The van der Waals surface area contributed by atoms with E-state index < -0.39 is 22.9 Å². The van der Waals surface area contributed by atoms with E-state index >= 15 is 0 Å². The quantitative estimate of drug-likeness (QED) is 0.497. The first-order valence-corrected chi connectivity index (χ1v) is 11.7. The van der Waals surface area contributed by atoms with Crippen LogP contribution in [0.5, 0.6) is 0 Å². The Morgan fingerprint density at radius 1 is 1.12 bits per heavy atom. The van der Waals surface area contributed by atoms with E-state index in [0.29, 0.717) is 23.4 Å². The summed E-state index contributed by atoms with van der Waals surface area (Å²) in [4.78, 5) is 24.4. The lowest BCUT2D eigenvalue weighted by Gasteiger charge is -2.27. The first-order chi connectivity index (χ1) is 15.8. The average Bonchev–Trinajstić information content (AvgIpc) is 2.85. The van der Waals surface area contributed by atoms with Crippen LogP contribution in [-0.2, 0) is 11.0 Å². The number of benzene rings is 2. The number of aromatic carboxylic acids is 1. The maximum absolute atomic E-state index is 12.8. The highest BCUT2D eigenvalue weighted by Crippen LogP contribution is 2.20. The van der Waals surface area contributed by atoms with Crippen molar-refractivity contribution >= 4 is 28.5 Å². The number of amides is 1. The van der Waals surface area contributed by atoms with Crippen LogP contribution in [0.15, 0.2) is 47.4 Å². The van der Waals surface area contributed by atoms with Gasteiger partial charge in [-0.3, -0.25) is 4.79 Å². The molecule has 0 saturated heterocycles. The Kier molecular flexibility index (Phi) is 14.2. The maximum Gasteiger partial charge on any atom is 0.337 e. The normalized spacial score (nSPS) is 11.8. The molecule has 9 heteroatoms. The number of anilines is 1. The van der Waals surface area contributed by atoms with Crippen molar-refractivity contribution in [3.8, 4) is 6.57 Å². The lowest BCUT2D eigenvalue weighted by molar-refractivity contribution is 0.0698. The molecule has 2 atom stereocenters. The van der Waals surface area contributed by atoms with E-state index in [2.05, 4.69) is 11.9 Å². The van der Waals surface area contributed by atoms with Crippen molar-refractivity contribution in [3.05, 3.63) is 59.2 Å². The Balaban J connectivity index is 0.00000242. The molecule has 33 heavy (non-hydrogen) atoms. The molecule has 0 spiro atoms. The van der Waals surface area contributed by atoms with Crippen LogP contribution < -0.4 is 5.32 Å². The molecule has 0 aliphatic heterocycles. The van der Waals surface area contributed by atoms with E-state index in [1.807, 2.05) is 27.7 Å². The summed E-state index contributed by atoms with van der Waals surface area (Å²) in [6.07, 6.45) is 0.666. The van der Waals surface area contributed by atoms with Crippen LogP contribution in [0.1, 0.15) is 60.4 Å². The third-order valence-corrected chi connectivity index (χ3v) is 6.24. The van der Waals surface area contributed by atoms with Crippen LogP contribution in [0.2, 0.25) is 0 Å². The standard InChI is InChI=1S/C21H26N2O5S.C2H6.CHN/c1-4-16(13-24)23(5-2)29(28)17-9-7-15(8-10-17)20(25)22-19-11-6-14(3)12-18(19)21(26)27;2*1-2/h6-12,16,24H,4-5,13H2,1-3H3,(H,22,25)(H,26,27);1-2H3;1H. The molecule has 2 unspecified atom stereocenters. The smallest absolute Gasteiger partial charge is 0.337 e. The summed E-state index contributed by atoms with van der Waals surface area (Å²) >= 11 is 0. The fraction of sp³-hybridized carbons (Fsp3) is 0.375. The van der Waals surface area contributed by atoms with E-state index in [-0.39, 0.29) is 23.9 Å². The number of carbonyl (C=O) groups is 2. The van der Waals surface area contributed by atoms with Gasteiger partial charge in [-0.1, -0.05) is 39.3 Å². The molecular weight excluding hydrogens is 442 g/mol. The molecule has 2 aromatic rings. The summed E-state index contributed by atoms with van der Waals surface area (Å²) in [5, 5.41) is 27.9. The topological polar surface area (TPSA) is 131 Å².